The van der Waals surface area contributed by atoms with Crippen LogP contribution in [0.15, 0.2) is 66.1 Å². The van der Waals surface area contributed by atoms with Crippen LogP contribution >= 0.6 is 0 Å². The Morgan fingerprint density at radius 1 is 1.04 bits per heavy atom. The molecule has 6 heteroatoms. The summed E-state index contributed by atoms with van der Waals surface area (Å²) in [6, 6.07) is 19.1. The van der Waals surface area contributed by atoms with E-state index in [0.717, 1.165) is 16.5 Å². The van der Waals surface area contributed by atoms with Crippen molar-refractivity contribution >= 4 is 22.0 Å². The molecule has 2 aromatic rings. The molecule has 0 heterocycles. The largest absolute Gasteiger partial charge is 0.355 e. The monoisotopic (exact) mass is 372 g/mol. The first-order valence-electron chi connectivity index (χ1n) is 8.51. The number of carbonyl (C=O) groups excluding carboxylic acids is 1. The van der Waals surface area contributed by atoms with Gasteiger partial charge in [-0.3, -0.25) is 4.79 Å². The van der Waals surface area contributed by atoms with Crippen LogP contribution < -0.4 is 10.0 Å². The Morgan fingerprint density at radius 2 is 1.65 bits per heavy atom. The second-order valence-electron chi connectivity index (χ2n) is 6.02. The maximum absolute atomic E-state index is 11.9. The number of hydrogen-bond donors (Lipinski definition) is 2. The molecule has 0 spiro atoms. The van der Waals surface area contributed by atoms with Gasteiger partial charge in [0.05, 0.1) is 0 Å². The molecule has 1 atom stereocenters. The summed E-state index contributed by atoms with van der Waals surface area (Å²) in [5.74, 6) is 0.0215. The molecule has 5 nitrogen and oxygen atoms in total. The van der Waals surface area contributed by atoms with Gasteiger partial charge in [0.1, 0.15) is 0 Å². The molecule has 2 aromatic carbocycles. The molecule has 2 N–H and O–H groups in total. The van der Waals surface area contributed by atoms with Crippen molar-refractivity contribution in [2.75, 3.05) is 13.1 Å². The minimum absolute atomic E-state index is 0.0625. The minimum atomic E-state index is -3.56. The zero-order valence-electron chi connectivity index (χ0n) is 14.8. The zero-order valence-corrected chi connectivity index (χ0v) is 15.6. The number of benzene rings is 2. The van der Waals surface area contributed by atoms with E-state index in [1.54, 1.807) is 0 Å². The van der Waals surface area contributed by atoms with E-state index >= 15 is 0 Å². The Balaban J connectivity index is 1.71. The first-order valence-corrected chi connectivity index (χ1v) is 10.1. The highest BCUT2D eigenvalue weighted by molar-refractivity contribution is 7.92. The first-order chi connectivity index (χ1) is 12.5. The average Bonchev–Trinajstić information content (AvgIpc) is 2.66. The summed E-state index contributed by atoms with van der Waals surface area (Å²) in [5, 5.41) is 3.94. The third-order valence-electron chi connectivity index (χ3n) is 3.87. The van der Waals surface area contributed by atoms with Crippen LogP contribution in [0.2, 0.25) is 0 Å². The Hall–Kier alpha value is -2.44. The molecule has 0 aliphatic rings. The van der Waals surface area contributed by atoms with Crippen LogP contribution in [0.4, 0.5) is 0 Å². The van der Waals surface area contributed by atoms with Crippen molar-refractivity contribution < 1.29 is 13.2 Å². The molecule has 138 valence electrons. The number of carbonyl (C=O) groups is 1. The van der Waals surface area contributed by atoms with E-state index in [9.17, 15) is 13.2 Å². The summed E-state index contributed by atoms with van der Waals surface area (Å²) in [5.41, 5.74) is 1.95. The molecule has 0 aliphatic heterocycles. The van der Waals surface area contributed by atoms with Crippen LogP contribution in [0.25, 0.3) is 6.08 Å². The maximum atomic E-state index is 11.9. The number of sulfonamides is 1. The number of nitrogens with one attached hydrogen (secondary N) is 2. The van der Waals surface area contributed by atoms with Crippen LogP contribution in [-0.4, -0.2) is 27.4 Å². The van der Waals surface area contributed by atoms with Crippen molar-refractivity contribution in [3.63, 3.8) is 0 Å². The van der Waals surface area contributed by atoms with E-state index in [4.69, 9.17) is 0 Å². The predicted octanol–water partition coefficient (Wildman–Crippen LogP) is 2.89. The van der Waals surface area contributed by atoms with Crippen molar-refractivity contribution in [3.8, 4) is 0 Å². The molecule has 0 aromatic heterocycles. The molecule has 1 unspecified atom stereocenters. The quantitative estimate of drug-likeness (QED) is 0.711. The van der Waals surface area contributed by atoms with Gasteiger partial charge in [-0.15, -0.1) is 0 Å². The van der Waals surface area contributed by atoms with Crippen molar-refractivity contribution in [1.82, 2.24) is 10.0 Å². The molecule has 0 aliphatic carbocycles. The Bertz CT molecular complexity index is 819. The summed E-state index contributed by atoms with van der Waals surface area (Å²) in [4.78, 5) is 11.9. The van der Waals surface area contributed by atoms with Gasteiger partial charge >= 0.3 is 0 Å². The highest BCUT2D eigenvalue weighted by Crippen LogP contribution is 2.12. The van der Waals surface area contributed by atoms with Gasteiger partial charge in [-0.05, 0) is 23.1 Å². The molecule has 2 rings (SSSR count). The van der Waals surface area contributed by atoms with Crippen LogP contribution in [0.1, 0.15) is 30.4 Å². The van der Waals surface area contributed by atoms with Crippen molar-refractivity contribution in [2.45, 2.75) is 19.3 Å². The van der Waals surface area contributed by atoms with E-state index in [2.05, 4.69) is 10.0 Å². The van der Waals surface area contributed by atoms with Gasteiger partial charge in [0, 0.05) is 24.9 Å². The smallest absolute Gasteiger partial charge is 0.233 e. The lowest BCUT2D eigenvalue weighted by molar-refractivity contribution is -0.120. The van der Waals surface area contributed by atoms with Crippen LogP contribution in [0.5, 0.6) is 0 Å². The molecular weight excluding hydrogens is 348 g/mol. The molecule has 26 heavy (non-hydrogen) atoms. The Kier molecular flexibility index (Phi) is 7.56. The fraction of sp³-hybridized carbons (Fsp3) is 0.250. The predicted molar refractivity (Wildman–Crippen MR) is 105 cm³/mol. The Labute approximate surface area is 155 Å². The van der Waals surface area contributed by atoms with Crippen molar-refractivity contribution in [2.24, 2.45) is 0 Å². The third-order valence-corrected chi connectivity index (χ3v) is 4.97. The maximum Gasteiger partial charge on any atom is 0.233 e. The topological polar surface area (TPSA) is 75.3 Å². The molecule has 0 saturated carbocycles. The average molecular weight is 372 g/mol. The second-order valence-corrected chi connectivity index (χ2v) is 7.67. The number of rotatable bonds is 9. The normalized spacial score (nSPS) is 12.8. The van der Waals surface area contributed by atoms with Gasteiger partial charge in [-0.2, -0.15) is 0 Å². The van der Waals surface area contributed by atoms with E-state index in [1.807, 2.05) is 67.6 Å². The third kappa shape index (κ3) is 7.21. The van der Waals surface area contributed by atoms with E-state index < -0.39 is 10.0 Å². The lowest BCUT2D eigenvalue weighted by atomic mass is 10.0. The summed E-state index contributed by atoms with van der Waals surface area (Å²) in [6.45, 7) is 2.61. The molecule has 1 amide bonds. The highest BCUT2D eigenvalue weighted by atomic mass is 32.2. The van der Waals surface area contributed by atoms with Crippen molar-refractivity contribution in [3.05, 3.63) is 77.2 Å². The SMILES string of the molecule is CC(CNC(=O)CCNS(=O)(=O)/C=C/c1ccccc1)c1ccccc1. The minimum Gasteiger partial charge on any atom is -0.355 e. The molecule has 0 bridgehead atoms. The van der Waals surface area contributed by atoms with Gasteiger partial charge in [0.15, 0.2) is 0 Å². The van der Waals surface area contributed by atoms with Gasteiger partial charge in [0.25, 0.3) is 0 Å². The van der Waals surface area contributed by atoms with Gasteiger partial charge in [0.2, 0.25) is 15.9 Å². The molecule has 0 fully saturated rings. The molecule has 0 saturated heterocycles. The standard InChI is InChI=1S/C20H24N2O3S/c1-17(19-10-6-3-7-11-19)16-21-20(23)12-14-22-26(24,25)15-13-18-8-4-2-5-9-18/h2-11,13,15,17,22H,12,14,16H2,1H3,(H,21,23)/b15-13+. The summed E-state index contributed by atoms with van der Waals surface area (Å²) >= 11 is 0. The lowest BCUT2D eigenvalue weighted by Crippen LogP contribution is -2.31. The number of hydrogen-bond acceptors (Lipinski definition) is 3. The van der Waals surface area contributed by atoms with E-state index in [1.165, 1.54) is 6.08 Å². The lowest BCUT2D eigenvalue weighted by Gasteiger charge is -2.13. The van der Waals surface area contributed by atoms with Crippen LogP contribution in [0, 0.1) is 0 Å². The van der Waals surface area contributed by atoms with Crippen LogP contribution in [0.3, 0.4) is 0 Å². The van der Waals surface area contributed by atoms with E-state index in [0.29, 0.717) is 6.54 Å². The summed E-state index contributed by atoms with van der Waals surface area (Å²) < 4.78 is 26.2. The zero-order chi connectivity index (χ0) is 18.8. The molecular formula is C20H24N2O3S. The number of amides is 1. The first kappa shape index (κ1) is 19.9. The fourth-order valence-electron chi connectivity index (χ4n) is 2.34. The van der Waals surface area contributed by atoms with Gasteiger partial charge < -0.3 is 5.32 Å². The summed E-state index contributed by atoms with van der Waals surface area (Å²) in [7, 11) is -3.56. The Morgan fingerprint density at radius 3 is 2.31 bits per heavy atom. The fourth-order valence-corrected chi connectivity index (χ4v) is 3.16. The highest BCUT2D eigenvalue weighted by Gasteiger charge is 2.09. The molecule has 0 radical (unpaired) electrons. The van der Waals surface area contributed by atoms with Crippen molar-refractivity contribution in [1.29, 1.82) is 0 Å². The van der Waals surface area contributed by atoms with Gasteiger partial charge in [-0.25, -0.2) is 13.1 Å². The summed E-state index contributed by atoms with van der Waals surface area (Å²) in [6.07, 6.45) is 1.61. The van der Waals surface area contributed by atoms with Gasteiger partial charge in [-0.1, -0.05) is 67.6 Å². The second kappa shape index (κ2) is 9.89. The van der Waals surface area contributed by atoms with Crippen LogP contribution in [-0.2, 0) is 14.8 Å². The van der Waals surface area contributed by atoms with E-state index in [-0.39, 0.29) is 24.8 Å².